The number of benzene rings is 2. The number of carbonyl (C=O) groups is 2. The Bertz CT molecular complexity index is 1960. The van der Waals surface area contributed by atoms with Crippen molar-refractivity contribution in [3.05, 3.63) is 71.8 Å². The van der Waals surface area contributed by atoms with Crippen molar-refractivity contribution in [2.75, 3.05) is 39.4 Å². The number of nitrogens with zero attached hydrogens (tertiary/aromatic N) is 2. The lowest BCUT2D eigenvalue weighted by Gasteiger charge is -2.40. The fraction of sp³-hybridized carbons (Fsp3) is 0.667. The first-order valence-corrected chi connectivity index (χ1v) is 21.1. The molecule has 74 heavy (non-hydrogen) atoms. The van der Waals surface area contributed by atoms with E-state index in [1.165, 1.54) is 60.7 Å². The van der Waals surface area contributed by atoms with Gasteiger partial charge in [-0.1, -0.05) is 60.7 Å². The van der Waals surface area contributed by atoms with E-state index in [4.69, 9.17) is 9.47 Å². The van der Waals surface area contributed by atoms with Gasteiger partial charge in [0.1, 0.15) is 0 Å². The van der Waals surface area contributed by atoms with Crippen LogP contribution in [0.15, 0.2) is 60.7 Å². The van der Waals surface area contributed by atoms with Crippen LogP contribution in [0.5, 0.6) is 0 Å². The van der Waals surface area contributed by atoms with Gasteiger partial charge in [0.25, 0.3) is 0 Å². The van der Waals surface area contributed by atoms with Gasteiger partial charge >= 0.3 is 83.5 Å². The molecule has 0 bridgehead atoms. The smallest absolute Gasteiger partial charge is 0.460 e. The topological polar surface area (TPSA) is 59.1 Å². The van der Waals surface area contributed by atoms with Gasteiger partial charge in [0.05, 0.1) is 13.2 Å². The predicted molar refractivity (Wildman–Crippen MR) is 204 cm³/mol. The fourth-order valence-corrected chi connectivity index (χ4v) is 6.86. The number of hydrogen-bond acceptors (Lipinski definition) is 6. The van der Waals surface area contributed by atoms with Crippen molar-refractivity contribution >= 4 is 11.9 Å². The summed E-state index contributed by atoms with van der Waals surface area (Å²) in [5.41, 5.74) is 0.00996. The molecule has 2 aromatic carbocycles. The third kappa shape index (κ3) is 13.3. The van der Waals surface area contributed by atoms with E-state index in [2.05, 4.69) is 0 Å². The van der Waals surface area contributed by atoms with E-state index < -0.39 is 174 Å². The zero-order valence-electron chi connectivity index (χ0n) is 37.8. The number of carbonyl (C=O) groups excluding carboxylic acids is 2. The summed E-state index contributed by atoms with van der Waals surface area (Å²) >= 11 is 0. The molecule has 6 nitrogen and oxygen atoms in total. The Morgan fingerprint density at radius 2 is 0.676 bits per heavy atom. The van der Waals surface area contributed by atoms with Gasteiger partial charge in [0.15, 0.2) is 5.92 Å². The fourth-order valence-electron chi connectivity index (χ4n) is 6.86. The highest BCUT2D eigenvalue weighted by Gasteiger charge is 2.92. The molecule has 2 aromatic rings. The number of hydrogen-bond donors (Lipinski definition) is 0. The first-order valence-electron chi connectivity index (χ1n) is 21.1. The summed E-state index contributed by atoms with van der Waals surface area (Å²) in [7, 11) is 0. The van der Waals surface area contributed by atoms with Gasteiger partial charge in [-0.3, -0.25) is 19.4 Å². The molecule has 0 unspecified atom stereocenters. The maximum Gasteiger partial charge on any atom is 0.460 e. The average molecular weight is 1130 g/mol. The van der Waals surface area contributed by atoms with Crippen LogP contribution in [0.25, 0.3) is 0 Å². The molecular formula is C42H42F26N2O4. The number of halogens is 26. The first kappa shape index (κ1) is 65.6. The number of rotatable bonds is 29. The lowest BCUT2D eigenvalue weighted by Crippen LogP contribution is -2.70. The summed E-state index contributed by atoms with van der Waals surface area (Å²) in [6, 6.07) is 12.4. The van der Waals surface area contributed by atoms with Crippen LogP contribution in [-0.4, -0.2) is 133 Å². The van der Waals surface area contributed by atoms with Crippen molar-refractivity contribution in [2.24, 2.45) is 11.8 Å². The summed E-state index contributed by atoms with van der Waals surface area (Å²) in [6.45, 7) is -5.70. The molecule has 0 aliphatic heterocycles. The number of alkyl halides is 26. The zero-order valence-corrected chi connectivity index (χ0v) is 37.8. The highest BCUT2D eigenvalue weighted by atomic mass is 19.4. The van der Waals surface area contributed by atoms with Gasteiger partial charge in [-0.05, 0) is 56.8 Å². The second-order valence-corrected chi connectivity index (χ2v) is 16.3. The van der Waals surface area contributed by atoms with Crippen LogP contribution < -0.4 is 0 Å². The highest BCUT2D eigenvalue weighted by molar-refractivity contribution is 5.95. The molecule has 0 atom stereocenters. The number of ether oxygens (including phenoxy) is 2. The van der Waals surface area contributed by atoms with E-state index in [1.54, 1.807) is 0 Å². The third-order valence-corrected chi connectivity index (χ3v) is 11.2. The number of esters is 2. The molecule has 32 heteroatoms. The van der Waals surface area contributed by atoms with Crippen molar-refractivity contribution in [2.45, 2.75) is 124 Å². The Balaban J connectivity index is 2.69. The van der Waals surface area contributed by atoms with Crippen molar-refractivity contribution in [1.29, 1.82) is 0 Å². The zero-order chi connectivity index (χ0) is 57.6. The van der Waals surface area contributed by atoms with Gasteiger partial charge in [-0.15, -0.1) is 0 Å². The van der Waals surface area contributed by atoms with E-state index in [0.29, 0.717) is 9.80 Å². The minimum absolute atomic E-state index is 0.00498. The maximum absolute atomic E-state index is 15.1. The summed E-state index contributed by atoms with van der Waals surface area (Å²) < 4.78 is 372. The van der Waals surface area contributed by atoms with Crippen LogP contribution >= 0.6 is 0 Å². The summed E-state index contributed by atoms with van der Waals surface area (Å²) in [5.74, 6) is -84.4. The van der Waals surface area contributed by atoms with Gasteiger partial charge in [-0.2, -0.15) is 114 Å². The Morgan fingerprint density at radius 1 is 0.405 bits per heavy atom. The highest BCUT2D eigenvalue weighted by Crippen LogP contribution is 2.62. The van der Waals surface area contributed by atoms with Crippen LogP contribution in [0, 0.1) is 11.8 Å². The van der Waals surface area contributed by atoms with Gasteiger partial charge in [0.2, 0.25) is 0 Å². The van der Waals surface area contributed by atoms with E-state index in [1.807, 2.05) is 0 Å². The molecule has 0 saturated carbocycles. The molecule has 0 saturated heterocycles. The molecular weight excluding hydrogens is 1090 g/mol. The predicted octanol–water partition coefficient (Wildman–Crippen LogP) is 13.4. The summed E-state index contributed by atoms with van der Waals surface area (Å²) in [5, 5.41) is 0. The van der Waals surface area contributed by atoms with Gasteiger partial charge < -0.3 is 9.47 Å². The maximum atomic E-state index is 15.1. The summed E-state index contributed by atoms with van der Waals surface area (Å²) in [4.78, 5) is 27.7. The minimum Gasteiger partial charge on any atom is -0.465 e. The largest absolute Gasteiger partial charge is 0.465 e. The standard InChI is InChI=1S/C42H42F26N2O4/c1-3-73-29(71)28(30(72)74-4-2)27(15-19-69(23-25-11-7-5-8-12-25)21-17-31(43,44)33(47,48)35(51,52)37(55,56)39(59,60)41(63,64)65)16-20-70(24-26-13-9-6-10-14-26)22-18-32(45,46)34(49,50)36(53,54)38(57,58)40(61,62)42(66,67)68/h5-14,27-28H,3-4,15-24H2,1-2H3. The lowest BCUT2D eigenvalue weighted by atomic mass is 9.85. The molecule has 0 N–H and O–H groups in total. The molecule has 0 heterocycles. The second kappa shape index (κ2) is 23.4. The van der Waals surface area contributed by atoms with Crippen LogP contribution in [0.3, 0.4) is 0 Å². The average Bonchev–Trinajstić information content (AvgIpc) is 3.27. The third-order valence-electron chi connectivity index (χ3n) is 11.2. The second-order valence-electron chi connectivity index (χ2n) is 16.3. The van der Waals surface area contributed by atoms with E-state index in [9.17, 15) is 106 Å². The van der Waals surface area contributed by atoms with Crippen molar-refractivity contribution < 1.29 is 133 Å². The van der Waals surface area contributed by atoms with Crippen LogP contribution in [-0.2, 0) is 32.2 Å². The van der Waals surface area contributed by atoms with Crippen molar-refractivity contribution in [3.63, 3.8) is 0 Å². The molecule has 426 valence electrons. The van der Waals surface area contributed by atoms with E-state index >= 15 is 17.6 Å². The summed E-state index contributed by atoms with van der Waals surface area (Å²) in [6.07, 6.45) is -22.7. The van der Waals surface area contributed by atoms with Crippen LogP contribution in [0.4, 0.5) is 114 Å². The lowest BCUT2D eigenvalue weighted by molar-refractivity contribution is -0.440. The Labute approximate surface area is 402 Å². The molecule has 0 amide bonds. The van der Waals surface area contributed by atoms with Crippen molar-refractivity contribution in [1.82, 2.24) is 9.80 Å². The quantitative estimate of drug-likeness (QED) is 0.0460. The monoisotopic (exact) mass is 1130 g/mol. The van der Waals surface area contributed by atoms with Gasteiger partial charge in [-0.25, -0.2) is 0 Å². The first-order chi connectivity index (χ1) is 33.3. The van der Waals surface area contributed by atoms with Crippen LogP contribution in [0.2, 0.25) is 0 Å². The molecule has 0 aliphatic rings. The Morgan fingerprint density at radius 3 is 0.932 bits per heavy atom. The minimum atomic E-state index is -8.23. The molecule has 0 fully saturated rings. The van der Waals surface area contributed by atoms with Crippen LogP contribution in [0.1, 0.15) is 50.7 Å². The molecule has 0 aromatic heterocycles. The van der Waals surface area contributed by atoms with E-state index in [0.717, 1.165) is 13.8 Å². The van der Waals surface area contributed by atoms with Crippen molar-refractivity contribution in [3.8, 4) is 0 Å². The molecule has 2 rings (SSSR count). The normalized spacial score (nSPS) is 14.6. The Hall–Kier alpha value is -4.52. The Kier molecular flexibility index (Phi) is 20.7. The molecule has 0 aliphatic carbocycles. The molecule has 0 radical (unpaired) electrons. The molecule has 0 spiro atoms. The van der Waals surface area contributed by atoms with E-state index in [-0.39, 0.29) is 11.1 Å². The SMILES string of the molecule is CCOC(=O)C(C(=O)OCC)C(CCN(CCC(F)(F)C(F)(F)C(F)(F)C(F)(F)C(F)(F)C(F)(F)F)Cc1ccccc1)CCN(CCC(F)(F)C(F)(F)C(F)(F)C(F)(F)C(F)(F)C(F)(F)F)Cc1ccccc1. The van der Waals surface area contributed by atoms with Gasteiger partial charge in [0, 0.05) is 39.0 Å².